The van der Waals surface area contributed by atoms with Gasteiger partial charge in [0.1, 0.15) is 11.8 Å². The minimum absolute atomic E-state index is 0.0720. The van der Waals surface area contributed by atoms with Gasteiger partial charge in [0, 0.05) is 0 Å². The Kier molecular flexibility index (Phi) is 5.88. The van der Waals surface area contributed by atoms with Crippen molar-refractivity contribution in [1.29, 1.82) is 5.26 Å². The maximum atomic E-state index is 12.9. The number of phenols is 1. The van der Waals surface area contributed by atoms with Crippen molar-refractivity contribution >= 4 is 16.0 Å². The first kappa shape index (κ1) is 20.4. The fourth-order valence-electron chi connectivity index (χ4n) is 2.70. The minimum atomic E-state index is -4.13. The number of carbonyl (C=O) groups is 1. The molecule has 0 spiro atoms. The lowest BCUT2D eigenvalue weighted by Gasteiger charge is -2.19. The molecule has 0 amide bonds. The van der Waals surface area contributed by atoms with Crippen molar-refractivity contribution in [1.82, 2.24) is 4.72 Å². The summed E-state index contributed by atoms with van der Waals surface area (Å²) in [5.74, 6) is -0.722. The third-order valence-electron chi connectivity index (χ3n) is 4.16. The Bertz CT molecular complexity index is 1020. The van der Waals surface area contributed by atoms with Gasteiger partial charge in [-0.2, -0.15) is 9.98 Å². The third-order valence-corrected chi connectivity index (χ3v) is 5.73. The SMILES string of the molecule is COC(=O)C(NS(=O)(=O)c1cc(C#N)ccc1C)c1cc(C)c(O)c(C)c1. The molecule has 0 aromatic heterocycles. The van der Waals surface area contributed by atoms with Crippen molar-refractivity contribution in [2.45, 2.75) is 31.7 Å². The fourth-order valence-corrected chi connectivity index (χ4v) is 4.15. The number of nitriles is 1. The van der Waals surface area contributed by atoms with Gasteiger partial charge < -0.3 is 9.84 Å². The second kappa shape index (κ2) is 7.78. The zero-order valence-corrected chi connectivity index (χ0v) is 16.2. The van der Waals surface area contributed by atoms with E-state index in [9.17, 15) is 18.3 Å². The van der Waals surface area contributed by atoms with Crippen LogP contribution in [0.15, 0.2) is 35.2 Å². The highest BCUT2D eigenvalue weighted by Crippen LogP contribution is 2.28. The number of benzene rings is 2. The van der Waals surface area contributed by atoms with E-state index < -0.39 is 22.0 Å². The second-order valence-electron chi connectivity index (χ2n) is 6.17. The smallest absolute Gasteiger partial charge is 0.328 e. The number of ether oxygens (including phenoxy) is 1. The summed E-state index contributed by atoms with van der Waals surface area (Å²) in [5, 5.41) is 19.0. The molecule has 8 heteroatoms. The van der Waals surface area contributed by atoms with Gasteiger partial charge >= 0.3 is 5.97 Å². The van der Waals surface area contributed by atoms with E-state index in [1.807, 2.05) is 6.07 Å². The Hall–Kier alpha value is -2.89. The number of aromatic hydroxyl groups is 1. The Balaban J connectivity index is 2.54. The van der Waals surface area contributed by atoms with E-state index >= 15 is 0 Å². The van der Waals surface area contributed by atoms with Crippen LogP contribution in [0.2, 0.25) is 0 Å². The molecule has 0 bridgehead atoms. The van der Waals surface area contributed by atoms with Crippen LogP contribution in [0.3, 0.4) is 0 Å². The molecular formula is C19H20N2O5S. The molecule has 0 saturated carbocycles. The van der Waals surface area contributed by atoms with Gasteiger partial charge in [0.15, 0.2) is 0 Å². The molecule has 0 aliphatic carbocycles. The van der Waals surface area contributed by atoms with Crippen molar-refractivity contribution in [2.75, 3.05) is 7.11 Å². The lowest BCUT2D eigenvalue weighted by Crippen LogP contribution is -2.35. The first-order valence-electron chi connectivity index (χ1n) is 8.01. The van der Waals surface area contributed by atoms with Crippen LogP contribution < -0.4 is 4.72 Å². The van der Waals surface area contributed by atoms with Gasteiger partial charge in [-0.1, -0.05) is 18.2 Å². The van der Waals surface area contributed by atoms with E-state index in [1.165, 1.54) is 30.3 Å². The number of carbonyl (C=O) groups excluding carboxylic acids is 1. The topological polar surface area (TPSA) is 116 Å². The lowest BCUT2D eigenvalue weighted by atomic mass is 10.0. The molecular weight excluding hydrogens is 368 g/mol. The molecule has 7 nitrogen and oxygen atoms in total. The standard InChI is InChI=1S/C19H20N2O5S/c1-11-5-6-14(10-20)9-16(11)27(24,25)21-17(19(23)26-4)15-7-12(2)18(22)13(3)8-15/h5-9,17,21-22H,1-4H3. The van der Waals surface area contributed by atoms with Crippen molar-refractivity contribution in [3.63, 3.8) is 0 Å². The van der Waals surface area contributed by atoms with E-state index in [0.717, 1.165) is 7.11 Å². The van der Waals surface area contributed by atoms with Gasteiger partial charge in [-0.25, -0.2) is 13.2 Å². The number of aryl methyl sites for hydroxylation is 3. The molecule has 0 fully saturated rings. The van der Waals surface area contributed by atoms with Crippen molar-refractivity contribution < 1.29 is 23.1 Å². The minimum Gasteiger partial charge on any atom is -0.507 e. The van der Waals surface area contributed by atoms with E-state index in [4.69, 9.17) is 10.00 Å². The second-order valence-corrected chi connectivity index (χ2v) is 7.86. The Morgan fingerprint density at radius 2 is 1.74 bits per heavy atom. The lowest BCUT2D eigenvalue weighted by molar-refractivity contribution is -0.142. The monoisotopic (exact) mass is 388 g/mol. The molecule has 1 unspecified atom stereocenters. The zero-order chi connectivity index (χ0) is 20.4. The number of nitrogens with zero attached hydrogens (tertiary/aromatic N) is 1. The maximum Gasteiger partial charge on any atom is 0.328 e. The van der Waals surface area contributed by atoms with E-state index in [1.54, 1.807) is 20.8 Å². The summed E-state index contributed by atoms with van der Waals surface area (Å²) in [6, 6.07) is 7.92. The molecule has 2 aromatic carbocycles. The van der Waals surface area contributed by atoms with Gasteiger partial charge in [-0.3, -0.25) is 0 Å². The molecule has 2 rings (SSSR count). The average molecular weight is 388 g/mol. The number of hydrogen-bond acceptors (Lipinski definition) is 6. The highest BCUT2D eigenvalue weighted by Gasteiger charge is 2.30. The Morgan fingerprint density at radius 1 is 1.15 bits per heavy atom. The van der Waals surface area contributed by atoms with E-state index in [-0.39, 0.29) is 16.2 Å². The van der Waals surface area contributed by atoms with Crippen molar-refractivity contribution in [2.24, 2.45) is 0 Å². The number of phenolic OH excluding ortho intramolecular Hbond substituents is 1. The van der Waals surface area contributed by atoms with Gasteiger partial charge in [-0.05, 0) is 55.2 Å². The van der Waals surface area contributed by atoms with Crippen LogP contribution in [0.1, 0.15) is 33.9 Å². The number of nitrogens with one attached hydrogen (secondary N) is 1. The summed E-state index contributed by atoms with van der Waals surface area (Å²) >= 11 is 0. The molecule has 2 aromatic rings. The quantitative estimate of drug-likeness (QED) is 0.760. The van der Waals surface area contributed by atoms with Gasteiger partial charge in [-0.15, -0.1) is 0 Å². The average Bonchev–Trinajstić information content (AvgIpc) is 2.63. The summed E-state index contributed by atoms with van der Waals surface area (Å²) in [5.41, 5.74) is 1.96. The molecule has 27 heavy (non-hydrogen) atoms. The molecule has 2 N–H and O–H groups in total. The van der Waals surface area contributed by atoms with E-state index in [2.05, 4.69) is 4.72 Å². The van der Waals surface area contributed by atoms with Crippen molar-refractivity contribution in [3.8, 4) is 11.8 Å². The number of hydrogen-bond donors (Lipinski definition) is 2. The van der Waals surface area contributed by atoms with Gasteiger partial charge in [0.05, 0.1) is 23.6 Å². The Labute approximate surface area is 158 Å². The number of sulfonamides is 1. The molecule has 0 radical (unpaired) electrons. The van der Waals surface area contributed by atoms with Crippen LogP contribution in [0.25, 0.3) is 0 Å². The number of methoxy groups -OCH3 is 1. The molecule has 0 heterocycles. The van der Waals surface area contributed by atoms with Crippen LogP contribution >= 0.6 is 0 Å². The maximum absolute atomic E-state index is 12.9. The molecule has 0 saturated heterocycles. The number of rotatable bonds is 5. The fraction of sp³-hybridized carbons (Fsp3) is 0.263. The first-order chi connectivity index (χ1) is 12.6. The van der Waals surface area contributed by atoms with Crippen LogP contribution in [-0.4, -0.2) is 26.6 Å². The van der Waals surface area contributed by atoms with E-state index in [0.29, 0.717) is 22.3 Å². The zero-order valence-electron chi connectivity index (χ0n) is 15.4. The third kappa shape index (κ3) is 4.27. The summed E-state index contributed by atoms with van der Waals surface area (Å²) in [7, 11) is -2.97. The van der Waals surface area contributed by atoms with Crippen LogP contribution in [0.5, 0.6) is 5.75 Å². The highest BCUT2D eigenvalue weighted by molar-refractivity contribution is 7.89. The first-order valence-corrected chi connectivity index (χ1v) is 9.50. The highest BCUT2D eigenvalue weighted by atomic mass is 32.2. The van der Waals surface area contributed by atoms with Crippen LogP contribution in [0, 0.1) is 32.1 Å². The molecule has 0 aliphatic heterocycles. The molecule has 142 valence electrons. The summed E-state index contributed by atoms with van der Waals surface area (Å²) in [6.07, 6.45) is 0. The van der Waals surface area contributed by atoms with Gasteiger partial charge in [0.25, 0.3) is 0 Å². The normalized spacial score (nSPS) is 12.3. The largest absolute Gasteiger partial charge is 0.507 e. The summed E-state index contributed by atoms with van der Waals surface area (Å²) < 4.78 is 32.9. The predicted molar refractivity (Wildman–Crippen MR) is 98.6 cm³/mol. The molecule has 0 aliphatic rings. The van der Waals surface area contributed by atoms with Crippen LogP contribution in [0.4, 0.5) is 0 Å². The predicted octanol–water partition coefficient (Wildman–Crippen LogP) is 2.38. The number of esters is 1. The van der Waals surface area contributed by atoms with Gasteiger partial charge in [0.2, 0.25) is 10.0 Å². The Morgan fingerprint density at radius 3 is 2.26 bits per heavy atom. The summed E-state index contributed by atoms with van der Waals surface area (Å²) in [6.45, 7) is 4.89. The van der Waals surface area contributed by atoms with Crippen LogP contribution in [-0.2, 0) is 19.6 Å². The molecule has 1 atom stereocenters. The summed E-state index contributed by atoms with van der Waals surface area (Å²) in [4.78, 5) is 12.2. The van der Waals surface area contributed by atoms with Crippen molar-refractivity contribution in [3.05, 3.63) is 58.1 Å².